The Morgan fingerprint density at radius 2 is 1.77 bits per heavy atom. The van der Waals surface area contributed by atoms with Crippen molar-refractivity contribution in [3.05, 3.63) is 22.7 Å². The summed E-state index contributed by atoms with van der Waals surface area (Å²) in [5.41, 5.74) is 6.26. The molecule has 22 heavy (non-hydrogen) atoms. The SMILES string of the molecule is CN(C)c1ccc(Br)c(S(=O)(=O)N(C)CC(C)(C)CN)c1.Cl. The van der Waals surface area contributed by atoms with Crippen molar-refractivity contribution in [3.63, 3.8) is 0 Å². The van der Waals surface area contributed by atoms with Crippen LogP contribution in [0.25, 0.3) is 0 Å². The average Bonchev–Trinajstić information content (AvgIpc) is 2.38. The van der Waals surface area contributed by atoms with Gasteiger partial charge in [-0.05, 0) is 46.1 Å². The summed E-state index contributed by atoms with van der Waals surface area (Å²) in [7, 11) is 1.77. The largest absolute Gasteiger partial charge is 0.378 e. The molecule has 1 aromatic carbocycles. The van der Waals surface area contributed by atoms with E-state index in [2.05, 4.69) is 15.9 Å². The Kier molecular flexibility index (Phi) is 7.84. The van der Waals surface area contributed by atoms with E-state index in [4.69, 9.17) is 5.73 Å². The summed E-state index contributed by atoms with van der Waals surface area (Å²) in [6, 6.07) is 5.29. The number of benzene rings is 1. The lowest BCUT2D eigenvalue weighted by atomic mass is 9.94. The normalized spacial score (nSPS) is 12.2. The first-order valence-corrected chi connectivity index (χ1v) is 8.88. The molecule has 1 rings (SSSR count). The highest BCUT2D eigenvalue weighted by Gasteiger charge is 2.29. The van der Waals surface area contributed by atoms with Crippen LogP contribution in [0.1, 0.15) is 13.8 Å². The van der Waals surface area contributed by atoms with E-state index in [0.29, 0.717) is 17.6 Å². The fourth-order valence-electron chi connectivity index (χ4n) is 1.89. The molecular weight excluding hydrogens is 390 g/mol. The van der Waals surface area contributed by atoms with Gasteiger partial charge in [0.2, 0.25) is 10.0 Å². The van der Waals surface area contributed by atoms with Crippen LogP contribution >= 0.6 is 28.3 Å². The Morgan fingerprint density at radius 1 is 1.23 bits per heavy atom. The molecule has 0 bridgehead atoms. The maximum atomic E-state index is 12.8. The third kappa shape index (κ3) is 5.09. The summed E-state index contributed by atoms with van der Waals surface area (Å²) in [5, 5.41) is 0. The second-order valence-electron chi connectivity index (χ2n) is 6.14. The van der Waals surface area contributed by atoms with Crippen molar-refractivity contribution in [1.82, 2.24) is 4.31 Å². The summed E-state index contributed by atoms with van der Waals surface area (Å²) in [6.45, 7) is 4.69. The van der Waals surface area contributed by atoms with Gasteiger partial charge in [-0.15, -0.1) is 12.4 Å². The molecule has 0 unspecified atom stereocenters. The van der Waals surface area contributed by atoms with Crippen molar-refractivity contribution in [2.75, 3.05) is 39.1 Å². The Balaban J connectivity index is 0.00000441. The molecule has 0 radical (unpaired) electrons. The molecular formula is C14H25BrClN3O2S. The Hall–Kier alpha value is -0.340. The molecule has 0 spiro atoms. The molecule has 0 aliphatic heterocycles. The predicted octanol–water partition coefficient (Wildman–Crippen LogP) is 2.54. The smallest absolute Gasteiger partial charge is 0.244 e. The zero-order chi connectivity index (χ0) is 16.4. The minimum Gasteiger partial charge on any atom is -0.378 e. The topological polar surface area (TPSA) is 66.6 Å². The van der Waals surface area contributed by atoms with Crippen LogP contribution in [0, 0.1) is 5.41 Å². The van der Waals surface area contributed by atoms with E-state index in [0.717, 1.165) is 5.69 Å². The molecule has 1 aromatic rings. The number of nitrogens with zero attached hydrogens (tertiary/aromatic N) is 2. The molecule has 0 atom stereocenters. The van der Waals surface area contributed by atoms with Gasteiger partial charge in [-0.2, -0.15) is 0 Å². The molecule has 0 aliphatic rings. The highest BCUT2D eigenvalue weighted by atomic mass is 79.9. The van der Waals surface area contributed by atoms with Gasteiger partial charge < -0.3 is 10.6 Å². The van der Waals surface area contributed by atoms with E-state index in [1.807, 2.05) is 38.9 Å². The van der Waals surface area contributed by atoms with Gasteiger partial charge in [0.1, 0.15) is 0 Å². The molecule has 0 heterocycles. The van der Waals surface area contributed by atoms with Gasteiger partial charge >= 0.3 is 0 Å². The third-order valence-electron chi connectivity index (χ3n) is 3.32. The fraction of sp³-hybridized carbons (Fsp3) is 0.571. The van der Waals surface area contributed by atoms with E-state index in [-0.39, 0.29) is 22.7 Å². The van der Waals surface area contributed by atoms with Gasteiger partial charge in [0, 0.05) is 37.8 Å². The first kappa shape index (κ1) is 21.7. The number of anilines is 1. The molecule has 0 amide bonds. The van der Waals surface area contributed by atoms with E-state index in [1.54, 1.807) is 19.2 Å². The summed E-state index contributed by atoms with van der Waals surface area (Å²) in [5.74, 6) is 0. The number of hydrogen-bond donors (Lipinski definition) is 1. The first-order chi connectivity index (χ1) is 9.51. The monoisotopic (exact) mass is 413 g/mol. The summed E-state index contributed by atoms with van der Waals surface area (Å²) in [6.07, 6.45) is 0. The summed E-state index contributed by atoms with van der Waals surface area (Å²) in [4.78, 5) is 2.14. The van der Waals surface area contributed by atoms with Crippen molar-refractivity contribution < 1.29 is 8.42 Å². The highest BCUT2D eigenvalue weighted by Crippen LogP contribution is 2.29. The van der Waals surface area contributed by atoms with E-state index in [9.17, 15) is 8.42 Å². The van der Waals surface area contributed by atoms with Crippen LogP contribution in [-0.2, 0) is 10.0 Å². The Bertz CT molecular complexity index is 606. The lowest BCUT2D eigenvalue weighted by Crippen LogP contribution is -2.39. The second kappa shape index (κ2) is 7.97. The van der Waals surface area contributed by atoms with Crippen LogP contribution in [0.15, 0.2) is 27.6 Å². The molecule has 0 saturated heterocycles. The number of sulfonamides is 1. The van der Waals surface area contributed by atoms with Crippen LogP contribution in [0.4, 0.5) is 5.69 Å². The van der Waals surface area contributed by atoms with Crippen LogP contribution in [0.2, 0.25) is 0 Å². The summed E-state index contributed by atoms with van der Waals surface area (Å²) >= 11 is 3.33. The maximum absolute atomic E-state index is 12.8. The molecule has 0 fully saturated rings. The minimum absolute atomic E-state index is 0. The zero-order valence-corrected chi connectivity index (χ0v) is 16.8. The quantitative estimate of drug-likeness (QED) is 0.777. The average molecular weight is 415 g/mol. The van der Waals surface area contributed by atoms with Crippen molar-refractivity contribution in [1.29, 1.82) is 0 Å². The van der Waals surface area contributed by atoms with Gasteiger partial charge in [0.25, 0.3) is 0 Å². The van der Waals surface area contributed by atoms with Crippen LogP contribution in [0.3, 0.4) is 0 Å². The van der Waals surface area contributed by atoms with Gasteiger partial charge in [0.15, 0.2) is 0 Å². The van der Waals surface area contributed by atoms with Gasteiger partial charge in [-0.1, -0.05) is 13.8 Å². The first-order valence-electron chi connectivity index (χ1n) is 6.64. The highest BCUT2D eigenvalue weighted by molar-refractivity contribution is 9.10. The molecule has 0 aromatic heterocycles. The Morgan fingerprint density at radius 3 is 2.23 bits per heavy atom. The van der Waals surface area contributed by atoms with Gasteiger partial charge in [-0.25, -0.2) is 12.7 Å². The Labute approximate surface area is 148 Å². The molecule has 2 N–H and O–H groups in total. The van der Waals surface area contributed by atoms with Crippen molar-refractivity contribution >= 4 is 44.0 Å². The third-order valence-corrected chi connectivity index (χ3v) is 6.12. The van der Waals surface area contributed by atoms with Crippen molar-refractivity contribution in [2.45, 2.75) is 18.7 Å². The predicted molar refractivity (Wildman–Crippen MR) is 98.4 cm³/mol. The molecule has 5 nitrogen and oxygen atoms in total. The van der Waals surface area contributed by atoms with Gasteiger partial charge in [-0.3, -0.25) is 0 Å². The second-order valence-corrected chi connectivity index (χ2v) is 9.01. The molecule has 128 valence electrons. The standard InChI is InChI=1S/C14H24BrN3O2S.ClH/c1-14(2,9-16)10-18(5)21(19,20)13-8-11(17(3)4)6-7-12(13)15;/h6-8H,9-10,16H2,1-5H3;1H. The number of nitrogens with two attached hydrogens (primary N) is 1. The number of rotatable bonds is 6. The fourth-order valence-corrected chi connectivity index (χ4v) is 4.19. The van der Waals surface area contributed by atoms with Crippen LogP contribution in [-0.4, -0.2) is 47.0 Å². The zero-order valence-electron chi connectivity index (χ0n) is 13.6. The van der Waals surface area contributed by atoms with Crippen LogP contribution < -0.4 is 10.6 Å². The molecule has 0 saturated carbocycles. The summed E-state index contributed by atoms with van der Waals surface area (Å²) < 4.78 is 27.4. The van der Waals surface area contributed by atoms with E-state index in [1.165, 1.54) is 4.31 Å². The van der Waals surface area contributed by atoms with Crippen LogP contribution in [0.5, 0.6) is 0 Å². The van der Waals surface area contributed by atoms with E-state index >= 15 is 0 Å². The molecule has 8 heteroatoms. The maximum Gasteiger partial charge on any atom is 0.244 e. The minimum atomic E-state index is -3.56. The lowest BCUT2D eigenvalue weighted by Gasteiger charge is -2.29. The molecule has 0 aliphatic carbocycles. The lowest BCUT2D eigenvalue weighted by molar-refractivity contribution is 0.292. The van der Waals surface area contributed by atoms with E-state index < -0.39 is 10.0 Å². The number of halogens is 2. The number of hydrogen-bond acceptors (Lipinski definition) is 4. The van der Waals surface area contributed by atoms with Gasteiger partial charge in [0.05, 0.1) is 4.90 Å². The van der Waals surface area contributed by atoms with Crippen molar-refractivity contribution in [3.8, 4) is 0 Å². The van der Waals surface area contributed by atoms with Crippen molar-refractivity contribution in [2.24, 2.45) is 11.1 Å².